The summed E-state index contributed by atoms with van der Waals surface area (Å²) in [6.45, 7) is 0.327. The van der Waals surface area contributed by atoms with E-state index in [1.807, 2.05) is 0 Å². The van der Waals surface area contributed by atoms with E-state index in [0.29, 0.717) is 18.0 Å². The van der Waals surface area contributed by atoms with Crippen molar-refractivity contribution in [3.05, 3.63) is 48.0 Å². The van der Waals surface area contributed by atoms with Crippen LogP contribution in [0.5, 0.6) is 17.2 Å². The number of hydrogen-bond donors (Lipinski definition) is 3. The quantitative estimate of drug-likeness (QED) is 0.559. The molecule has 0 aliphatic carbocycles. The molecule has 0 heterocycles. The molecule has 2 rings (SSSR count). The largest absolute Gasteiger partial charge is 0.508 e. The molecule has 0 bridgehead atoms. The molecule has 0 fully saturated rings. The van der Waals surface area contributed by atoms with Gasteiger partial charge in [0.05, 0.1) is 5.69 Å². The molecule has 4 N–H and O–H groups in total. The van der Waals surface area contributed by atoms with Crippen molar-refractivity contribution in [2.75, 3.05) is 5.73 Å². The minimum absolute atomic E-state index is 0.0612. The van der Waals surface area contributed by atoms with Crippen LogP contribution in [0.4, 0.5) is 5.69 Å². The summed E-state index contributed by atoms with van der Waals surface area (Å²) in [5.41, 5.74) is 6.74. The molecule has 0 aliphatic heterocycles. The van der Waals surface area contributed by atoms with Crippen molar-refractivity contribution in [3.63, 3.8) is 0 Å². The number of phenolic OH excluding ortho intramolecular Hbond substituents is 2. The molecule has 0 spiro atoms. The van der Waals surface area contributed by atoms with Crippen LogP contribution in [0, 0.1) is 0 Å². The summed E-state index contributed by atoms with van der Waals surface area (Å²) in [7, 11) is 0. The summed E-state index contributed by atoms with van der Waals surface area (Å²) in [5.74, 6) is 0.801. The van der Waals surface area contributed by atoms with Crippen molar-refractivity contribution in [2.24, 2.45) is 0 Å². The highest BCUT2D eigenvalue weighted by Gasteiger charge is 2.00. The Morgan fingerprint density at radius 1 is 1.06 bits per heavy atom. The zero-order valence-electron chi connectivity index (χ0n) is 9.13. The molecular formula is C13H13NO3. The number of aromatic hydroxyl groups is 2. The number of anilines is 1. The van der Waals surface area contributed by atoms with Crippen molar-refractivity contribution in [3.8, 4) is 17.2 Å². The average Bonchev–Trinajstić information content (AvgIpc) is 2.31. The topological polar surface area (TPSA) is 75.7 Å². The Morgan fingerprint density at radius 2 is 1.88 bits per heavy atom. The summed E-state index contributed by atoms with van der Waals surface area (Å²) in [6, 6.07) is 11.5. The molecule has 0 radical (unpaired) electrons. The number of benzene rings is 2. The molecule has 0 amide bonds. The second-order valence-corrected chi connectivity index (χ2v) is 3.68. The van der Waals surface area contributed by atoms with E-state index in [9.17, 15) is 10.2 Å². The maximum absolute atomic E-state index is 9.27. The predicted octanol–water partition coefficient (Wildman–Crippen LogP) is 2.26. The van der Waals surface area contributed by atoms with Crippen LogP contribution in [0.1, 0.15) is 5.56 Å². The SMILES string of the molecule is Nc1cc(COc2cccc(O)c2)ccc1O. The lowest BCUT2D eigenvalue weighted by Gasteiger charge is -2.07. The van der Waals surface area contributed by atoms with Gasteiger partial charge in [0, 0.05) is 6.07 Å². The molecule has 4 heteroatoms. The van der Waals surface area contributed by atoms with E-state index < -0.39 is 0 Å². The highest BCUT2D eigenvalue weighted by atomic mass is 16.5. The van der Waals surface area contributed by atoms with Crippen LogP contribution in [0.15, 0.2) is 42.5 Å². The third-order valence-corrected chi connectivity index (χ3v) is 2.32. The normalized spacial score (nSPS) is 10.1. The van der Waals surface area contributed by atoms with E-state index in [-0.39, 0.29) is 11.5 Å². The molecule has 2 aromatic carbocycles. The van der Waals surface area contributed by atoms with Gasteiger partial charge >= 0.3 is 0 Å². The van der Waals surface area contributed by atoms with Crippen LogP contribution < -0.4 is 10.5 Å². The summed E-state index contributed by atoms with van der Waals surface area (Å²) < 4.78 is 5.47. The summed E-state index contributed by atoms with van der Waals surface area (Å²) >= 11 is 0. The molecule has 0 saturated carbocycles. The van der Waals surface area contributed by atoms with Crippen LogP contribution in [0.25, 0.3) is 0 Å². The highest BCUT2D eigenvalue weighted by molar-refractivity contribution is 5.53. The van der Waals surface area contributed by atoms with Gasteiger partial charge in [-0.25, -0.2) is 0 Å². The first-order valence-electron chi connectivity index (χ1n) is 5.14. The Hall–Kier alpha value is -2.36. The first-order valence-corrected chi connectivity index (χ1v) is 5.14. The van der Waals surface area contributed by atoms with Gasteiger partial charge in [-0.3, -0.25) is 0 Å². The number of hydrogen-bond acceptors (Lipinski definition) is 4. The van der Waals surface area contributed by atoms with Crippen LogP contribution in [-0.2, 0) is 6.61 Å². The van der Waals surface area contributed by atoms with E-state index in [2.05, 4.69) is 0 Å². The predicted molar refractivity (Wildman–Crippen MR) is 65.0 cm³/mol. The van der Waals surface area contributed by atoms with Crippen molar-refractivity contribution >= 4 is 5.69 Å². The van der Waals surface area contributed by atoms with E-state index in [4.69, 9.17) is 10.5 Å². The minimum Gasteiger partial charge on any atom is -0.508 e. The minimum atomic E-state index is 0.0612. The Labute approximate surface area is 98.9 Å². The average molecular weight is 231 g/mol. The van der Waals surface area contributed by atoms with E-state index in [1.165, 1.54) is 12.1 Å². The summed E-state index contributed by atoms with van der Waals surface area (Å²) in [4.78, 5) is 0. The van der Waals surface area contributed by atoms with Gasteiger partial charge in [-0.2, -0.15) is 0 Å². The fraction of sp³-hybridized carbons (Fsp3) is 0.0769. The number of nitrogens with two attached hydrogens (primary N) is 1. The van der Waals surface area contributed by atoms with E-state index in [1.54, 1.807) is 30.3 Å². The number of ether oxygens (including phenoxy) is 1. The monoisotopic (exact) mass is 231 g/mol. The van der Waals surface area contributed by atoms with Gasteiger partial charge in [-0.15, -0.1) is 0 Å². The zero-order chi connectivity index (χ0) is 12.3. The molecule has 88 valence electrons. The first-order chi connectivity index (χ1) is 8.15. The van der Waals surface area contributed by atoms with Gasteiger partial charge in [0.2, 0.25) is 0 Å². The van der Waals surface area contributed by atoms with Crippen molar-refractivity contribution in [1.82, 2.24) is 0 Å². The van der Waals surface area contributed by atoms with Gasteiger partial charge in [-0.1, -0.05) is 12.1 Å². The number of phenols is 2. The molecule has 0 unspecified atom stereocenters. The fourth-order valence-corrected chi connectivity index (χ4v) is 1.43. The number of rotatable bonds is 3. The van der Waals surface area contributed by atoms with Crippen LogP contribution >= 0.6 is 0 Å². The lowest BCUT2D eigenvalue weighted by atomic mass is 10.2. The van der Waals surface area contributed by atoms with Gasteiger partial charge < -0.3 is 20.7 Å². The van der Waals surface area contributed by atoms with Gasteiger partial charge in [-0.05, 0) is 29.8 Å². The van der Waals surface area contributed by atoms with Crippen molar-refractivity contribution in [2.45, 2.75) is 6.61 Å². The highest BCUT2D eigenvalue weighted by Crippen LogP contribution is 2.22. The lowest BCUT2D eigenvalue weighted by Crippen LogP contribution is -1.96. The molecule has 0 aliphatic rings. The van der Waals surface area contributed by atoms with Gasteiger partial charge in [0.1, 0.15) is 23.9 Å². The fourth-order valence-electron chi connectivity index (χ4n) is 1.43. The molecule has 0 aromatic heterocycles. The first kappa shape index (κ1) is 11.1. The number of nitrogen functional groups attached to an aromatic ring is 1. The maximum atomic E-state index is 9.27. The Bertz CT molecular complexity index is 526. The van der Waals surface area contributed by atoms with Crippen LogP contribution in [0.2, 0.25) is 0 Å². The smallest absolute Gasteiger partial charge is 0.138 e. The molecule has 4 nitrogen and oxygen atoms in total. The third-order valence-electron chi connectivity index (χ3n) is 2.32. The van der Waals surface area contributed by atoms with Crippen molar-refractivity contribution < 1.29 is 14.9 Å². The van der Waals surface area contributed by atoms with Gasteiger partial charge in [0.15, 0.2) is 0 Å². The zero-order valence-corrected chi connectivity index (χ0v) is 9.13. The maximum Gasteiger partial charge on any atom is 0.138 e. The molecule has 0 atom stereocenters. The van der Waals surface area contributed by atoms with Crippen LogP contribution in [0.3, 0.4) is 0 Å². The lowest BCUT2D eigenvalue weighted by molar-refractivity contribution is 0.304. The summed E-state index contributed by atoms with van der Waals surface area (Å²) in [5, 5.41) is 18.5. The second kappa shape index (κ2) is 4.65. The van der Waals surface area contributed by atoms with E-state index >= 15 is 0 Å². The molecule has 0 saturated heterocycles. The third kappa shape index (κ3) is 2.81. The van der Waals surface area contributed by atoms with Crippen LogP contribution in [-0.4, -0.2) is 10.2 Å². The Kier molecular flexibility index (Phi) is 3.05. The van der Waals surface area contributed by atoms with Crippen molar-refractivity contribution in [1.29, 1.82) is 0 Å². The molecule has 17 heavy (non-hydrogen) atoms. The molecular weight excluding hydrogens is 218 g/mol. The second-order valence-electron chi connectivity index (χ2n) is 3.68. The Morgan fingerprint density at radius 3 is 2.59 bits per heavy atom. The van der Waals surface area contributed by atoms with E-state index in [0.717, 1.165) is 5.56 Å². The standard InChI is InChI=1S/C13H13NO3/c14-12-6-9(4-5-13(12)16)8-17-11-3-1-2-10(15)7-11/h1-7,15-16H,8,14H2. The molecule has 2 aromatic rings. The summed E-state index contributed by atoms with van der Waals surface area (Å²) in [6.07, 6.45) is 0. The van der Waals surface area contributed by atoms with Gasteiger partial charge in [0.25, 0.3) is 0 Å². The Balaban J connectivity index is 2.05.